The lowest BCUT2D eigenvalue weighted by Gasteiger charge is -2.27. The molecule has 0 amide bonds. The van der Waals surface area contributed by atoms with Gasteiger partial charge in [-0.2, -0.15) is 0 Å². The summed E-state index contributed by atoms with van der Waals surface area (Å²) in [7, 11) is -1.31. The van der Waals surface area contributed by atoms with Crippen LogP contribution < -0.4 is 0 Å². The van der Waals surface area contributed by atoms with E-state index in [1.807, 2.05) is 0 Å². The molecular formula is C16H36OSi. The summed E-state index contributed by atoms with van der Waals surface area (Å²) in [5.41, 5.74) is 0. The van der Waals surface area contributed by atoms with Gasteiger partial charge in [-0.25, -0.2) is 0 Å². The Morgan fingerprint density at radius 2 is 1.28 bits per heavy atom. The van der Waals surface area contributed by atoms with Crippen molar-refractivity contribution < 1.29 is 4.43 Å². The Bertz CT molecular complexity index is 168. The molecule has 0 unspecified atom stereocenters. The van der Waals surface area contributed by atoms with Gasteiger partial charge in [-0.05, 0) is 30.5 Å². The summed E-state index contributed by atoms with van der Waals surface area (Å²) in [5.74, 6) is 0.874. The van der Waals surface area contributed by atoms with E-state index in [2.05, 4.69) is 34.6 Å². The first-order valence-corrected chi connectivity index (χ1v) is 10.8. The first-order chi connectivity index (χ1) is 8.60. The zero-order valence-electron chi connectivity index (χ0n) is 13.6. The Morgan fingerprint density at radius 3 is 1.78 bits per heavy atom. The van der Waals surface area contributed by atoms with Crippen molar-refractivity contribution in [2.75, 3.05) is 6.61 Å². The maximum Gasteiger partial charge on any atom is 0.191 e. The first kappa shape index (κ1) is 18.2. The second kappa shape index (κ2) is 11.0. The highest BCUT2D eigenvalue weighted by Gasteiger charge is 2.27. The quantitative estimate of drug-likeness (QED) is 0.312. The van der Waals surface area contributed by atoms with Crippen LogP contribution in [0.4, 0.5) is 0 Å². The van der Waals surface area contributed by atoms with Crippen LogP contribution in [0.1, 0.15) is 73.1 Å². The van der Waals surface area contributed by atoms with E-state index in [1.54, 1.807) is 0 Å². The molecule has 2 heteroatoms. The third kappa shape index (κ3) is 8.31. The molecule has 0 aromatic carbocycles. The summed E-state index contributed by atoms with van der Waals surface area (Å²) in [6.07, 6.45) is 8.26. The molecule has 0 spiro atoms. The van der Waals surface area contributed by atoms with E-state index in [4.69, 9.17) is 4.43 Å². The Labute approximate surface area is 117 Å². The van der Waals surface area contributed by atoms with Crippen molar-refractivity contribution in [2.45, 2.75) is 91.3 Å². The van der Waals surface area contributed by atoms with Crippen LogP contribution in [0.25, 0.3) is 0 Å². The minimum atomic E-state index is -1.31. The average molecular weight is 273 g/mol. The van der Waals surface area contributed by atoms with Crippen LogP contribution in [0.5, 0.6) is 0 Å². The highest BCUT2D eigenvalue weighted by Crippen LogP contribution is 2.22. The number of hydrogen-bond donors (Lipinski definition) is 0. The van der Waals surface area contributed by atoms with Crippen molar-refractivity contribution in [3.05, 3.63) is 0 Å². The zero-order valence-corrected chi connectivity index (χ0v) is 14.6. The van der Waals surface area contributed by atoms with Crippen LogP contribution in [0, 0.1) is 5.92 Å². The number of unbranched alkanes of at least 4 members (excludes halogenated alkanes) is 4. The number of hydrogen-bond acceptors (Lipinski definition) is 1. The summed E-state index contributed by atoms with van der Waals surface area (Å²) >= 11 is 0. The molecule has 18 heavy (non-hydrogen) atoms. The van der Waals surface area contributed by atoms with Crippen molar-refractivity contribution in [1.29, 1.82) is 0 Å². The Kier molecular flexibility index (Phi) is 11.1. The van der Waals surface area contributed by atoms with Gasteiger partial charge in [0.05, 0.1) is 0 Å². The smallest absolute Gasteiger partial charge is 0.191 e. The predicted octanol–water partition coefficient (Wildman–Crippen LogP) is 6.00. The van der Waals surface area contributed by atoms with E-state index in [0.29, 0.717) is 0 Å². The Morgan fingerprint density at radius 1 is 0.778 bits per heavy atom. The van der Waals surface area contributed by atoms with Crippen LogP contribution in [-0.2, 0) is 4.43 Å². The van der Waals surface area contributed by atoms with Crippen molar-refractivity contribution in [3.63, 3.8) is 0 Å². The molecule has 0 rings (SSSR count). The fourth-order valence-electron chi connectivity index (χ4n) is 2.53. The first-order valence-electron chi connectivity index (χ1n) is 8.24. The minimum absolute atomic E-state index is 0.874. The molecular weight excluding hydrogens is 236 g/mol. The van der Waals surface area contributed by atoms with Gasteiger partial charge in [-0.3, -0.25) is 0 Å². The standard InChI is InChI=1S/C16H36OSi/c1-6-18(7-2,8-3)17-15-13-11-9-10-12-14-16(4)5/h16H,6-15H2,1-5H3. The monoisotopic (exact) mass is 272 g/mol. The SMILES string of the molecule is CC[Si](CC)(CC)OCCCCCCCC(C)C. The molecule has 0 aliphatic heterocycles. The normalized spacial score (nSPS) is 12.3. The molecule has 0 aliphatic rings. The summed E-state index contributed by atoms with van der Waals surface area (Å²) < 4.78 is 6.26. The molecule has 0 fully saturated rings. The molecule has 0 heterocycles. The third-order valence-electron chi connectivity index (χ3n) is 4.27. The van der Waals surface area contributed by atoms with E-state index >= 15 is 0 Å². The molecule has 0 aliphatic carbocycles. The van der Waals surface area contributed by atoms with E-state index in [-0.39, 0.29) is 0 Å². The van der Waals surface area contributed by atoms with Gasteiger partial charge >= 0.3 is 0 Å². The highest BCUT2D eigenvalue weighted by molar-refractivity contribution is 6.73. The van der Waals surface area contributed by atoms with Crippen LogP contribution in [0.3, 0.4) is 0 Å². The minimum Gasteiger partial charge on any atom is -0.417 e. The van der Waals surface area contributed by atoms with Gasteiger partial charge in [-0.15, -0.1) is 0 Å². The summed E-state index contributed by atoms with van der Waals surface area (Å²) in [5, 5.41) is 0. The zero-order chi connectivity index (χ0) is 13.9. The van der Waals surface area contributed by atoms with E-state index in [0.717, 1.165) is 12.5 Å². The van der Waals surface area contributed by atoms with E-state index in [1.165, 1.54) is 56.7 Å². The Balaban J connectivity index is 3.44. The molecule has 0 bridgehead atoms. The van der Waals surface area contributed by atoms with E-state index in [9.17, 15) is 0 Å². The predicted molar refractivity (Wildman–Crippen MR) is 85.7 cm³/mol. The van der Waals surface area contributed by atoms with Gasteiger partial charge in [0, 0.05) is 6.61 Å². The van der Waals surface area contributed by atoms with Gasteiger partial charge in [0.1, 0.15) is 0 Å². The molecule has 0 saturated heterocycles. The molecule has 110 valence electrons. The van der Waals surface area contributed by atoms with Crippen molar-refractivity contribution in [1.82, 2.24) is 0 Å². The van der Waals surface area contributed by atoms with Gasteiger partial charge in [-0.1, -0.05) is 66.7 Å². The lowest BCUT2D eigenvalue weighted by atomic mass is 10.0. The fourth-order valence-corrected chi connectivity index (χ4v) is 5.22. The number of rotatable bonds is 12. The molecule has 0 aromatic rings. The van der Waals surface area contributed by atoms with E-state index < -0.39 is 8.32 Å². The average Bonchev–Trinajstić information content (AvgIpc) is 2.38. The largest absolute Gasteiger partial charge is 0.417 e. The van der Waals surface area contributed by atoms with Crippen molar-refractivity contribution in [3.8, 4) is 0 Å². The van der Waals surface area contributed by atoms with Gasteiger partial charge < -0.3 is 4.43 Å². The second-order valence-electron chi connectivity index (χ2n) is 6.04. The van der Waals surface area contributed by atoms with Gasteiger partial charge in [0.2, 0.25) is 0 Å². The lowest BCUT2D eigenvalue weighted by molar-refractivity contribution is 0.287. The summed E-state index contributed by atoms with van der Waals surface area (Å²) in [4.78, 5) is 0. The van der Waals surface area contributed by atoms with Crippen molar-refractivity contribution >= 4 is 8.32 Å². The second-order valence-corrected chi connectivity index (χ2v) is 10.8. The molecule has 1 nitrogen and oxygen atoms in total. The van der Waals surface area contributed by atoms with Crippen LogP contribution in [0.15, 0.2) is 0 Å². The Hall–Kier alpha value is 0.177. The fraction of sp³-hybridized carbons (Fsp3) is 1.00. The highest BCUT2D eigenvalue weighted by atomic mass is 28.4. The third-order valence-corrected chi connectivity index (χ3v) is 8.95. The van der Waals surface area contributed by atoms with Crippen LogP contribution in [-0.4, -0.2) is 14.9 Å². The van der Waals surface area contributed by atoms with Crippen molar-refractivity contribution in [2.24, 2.45) is 5.92 Å². The topological polar surface area (TPSA) is 9.23 Å². The lowest BCUT2D eigenvalue weighted by Crippen LogP contribution is -2.36. The van der Waals surface area contributed by atoms with Crippen LogP contribution in [0.2, 0.25) is 18.1 Å². The molecule has 0 radical (unpaired) electrons. The summed E-state index contributed by atoms with van der Waals surface area (Å²) in [6, 6.07) is 3.86. The molecule has 0 aromatic heterocycles. The molecule has 0 saturated carbocycles. The van der Waals surface area contributed by atoms with Gasteiger partial charge in [0.25, 0.3) is 0 Å². The maximum atomic E-state index is 6.26. The van der Waals surface area contributed by atoms with Gasteiger partial charge in [0.15, 0.2) is 8.32 Å². The molecule has 0 atom stereocenters. The van der Waals surface area contributed by atoms with Crippen LogP contribution >= 0.6 is 0 Å². The molecule has 0 N–H and O–H groups in total. The maximum absolute atomic E-state index is 6.26. The summed E-state index contributed by atoms with van der Waals surface area (Å²) in [6.45, 7) is 12.6.